The third-order valence-electron chi connectivity index (χ3n) is 3.38. The smallest absolute Gasteiger partial charge is 0.299 e. The molecule has 0 bridgehead atoms. The second-order valence-electron chi connectivity index (χ2n) is 5.11. The van der Waals surface area contributed by atoms with Gasteiger partial charge in [-0.2, -0.15) is 0 Å². The van der Waals surface area contributed by atoms with Crippen molar-refractivity contribution in [3.63, 3.8) is 0 Å². The van der Waals surface area contributed by atoms with Crippen LogP contribution in [-0.4, -0.2) is 30.2 Å². The van der Waals surface area contributed by atoms with E-state index < -0.39 is 11.7 Å². The number of carbonyl (C=O) groups is 3. The molecular formula is C15H17BrN2O3. The number of amides is 2. The monoisotopic (exact) mass is 352 g/mol. The van der Waals surface area contributed by atoms with Crippen LogP contribution in [0.1, 0.15) is 37.0 Å². The lowest BCUT2D eigenvalue weighted by Gasteiger charge is -2.18. The largest absolute Gasteiger partial charge is 0.352 e. The van der Waals surface area contributed by atoms with Crippen molar-refractivity contribution in [1.29, 1.82) is 0 Å². The number of nitrogens with one attached hydrogen (secondary N) is 1. The molecule has 0 radical (unpaired) electrons. The summed E-state index contributed by atoms with van der Waals surface area (Å²) >= 11 is 3.27. The molecule has 6 heteroatoms. The van der Waals surface area contributed by atoms with E-state index in [0.717, 1.165) is 12.8 Å². The number of carbonyl (C=O) groups excluding carboxylic acids is 3. The summed E-state index contributed by atoms with van der Waals surface area (Å²) in [5, 5.41) is 2.83. The number of fused-ring (bicyclic) bond motifs is 1. The third-order valence-corrected chi connectivity index (χ3v) is 4.04. The minimum Gasteiger partial charge on any atom is -0.352 e. The fourth-order valence-corrected chi connectivity index (χ4v) is 2.96. The summed E-state index contributed by atoms with van der Waals surface area (Å²) in [5.74, 6) is -1.49. The summed E-state index contributed by atoms with van der Waals surface area (Å²) < 4.78 is 0.570. The van der Waals surface area contributed by atoms with Crippen molar-refractivity contribution in [1.82, 2.24) is 5.32 Å². The van der Waals surface area contributed by atoms with E-state index in [9.17, 15) is 14.4 Å². The SMILES string of the molecule is CCCC(C)NC(=O)CN1C(=O)C(=O)c2c(Br)cccc21. The Morgan fingerprint density at radius 2 is 2.10 bits per heavy atom. The lowest BCUT2D eigenvalue weighted by molar-refractivity contribution is -0.122. The molecule has 5 nitrogen and oxygen atoms in total. The molecule has 0 fully saturated rings. The van der Waals surface area contributed by atoms with Gasteiger partial charge in [-0.25, -0.2) is 0 Å². The van der Waals surface area contributed by atoms with Gasteiger partial charge in [-0.05, 0) is 41.4 Å². The van der Waals surface area contributed by atoms with Crippen LogP contribution in [0.5, 0.6) is 0 Å². The quantitative estimate of drug-likeness (QED) is 0.826. The van der Waals surface area contributed by atoms with Gasteiger partial charge >= 0.3 is 0 Å². The topological polar surface area (TPSA) is 66.5 Å². The molecule has 1 heterocycles. The molecule has 1 aromatic carbocycles. The fourth-order valence-electron chi connectivity index (χ4n) is 2.43. The molecule has 1 unspecified atom stereocenters. The van der Waals surface area contributed by atoms with E-state index >= 15 is 0 Å². The molecule has 0 aromatic heterocycles. The van der Waals surface area contributed by atoms with E-state index in [1.165, 1.54) is 4.90 Å². The molecule has 0 aliphatic carbocycles. The minimum absolute atomic E-state index is 0.0536. The van der Waals surface area contributed by atoms with Crippen LogP contribution >= 0.6 is 15.9 Å². The van der Waals surface area contributed by atoms with Crippen molar-refractivity contribution in [3.05, 3.63) is 28.2 Å². The first-order valence-electron chi connectivity index (χ1n) is 6.89. The Hall–Kier alpha value is -1.69. The van der Waals surface area contributed by atoms with Crippen molar-refractivity contribution in [3.8, 4) is 0 Å². The first-order chi connectivity index (χ1) is 9.95. The fraction of sp³-hybridized carbons (Fsp3) is 0.400. The molecule has 1 atom stereocenters. The standard InChI is InChI=1S/C15H17BrN2O3/c1-3-5-9(2)17-12(19)8-18-11-7-4-6-10(16)13(11)14(20)15(18)21/h4,6-7,9H,3,5,8H2,1-2H3,(H,17,19). The van der Waals surface area contributed by atoms with E-state index in [2.05, 4.69) is 21.2 Å². The van der Waals surface area contributed by atoms with Crippen LogP contribution in [0.3, 0.4) is 0 Å². The Morgan fingerprint density at radius 3 is 2.76 bits per heavy atom. The molecular weight excluding hydrogens is 336 g/mol. The molecule has 1 aliphatic heterocycles. The normalized spacial score (nSPS) is 15.1. The van der Waals surface area contributed by atoms with Crippen LogP contribution in [0.2, 0.25) is 0 Å². The average molecular weight is 353 g/mol. The van der Waals surface area contributed by atoms with Crippen molar-refractivity contribution in [2.75, 3.05) is 11.4 Å². The van der Waals surface area contributed by atoms with Gasteiger partial charge in [0.2, 0.25) is 5.91 Å². The molecule has 0 saturated heterocycles. The van der Waals surface area contributed by atoms with Gasteiger partial charge in [0.1, 0.15) is 6.54 Å². The Balaban J connectivity index is 2.15. The van der Waals surface area contributed by atoms with Crippen LogP contribution < -0.4 is 10.2 Å². The van der Waals surface area contributed by atoms with Gasteiger partial charge < -0.3 is 5.32 Å². The molecule has 1 aliphatic rings. The van der Waals surface area contributed by atoms with Crippen LogP contribution in [-0.2, 0) is 9.59 Å². The van der Waals surface area contributed by atoms with Gasteiger partial charge in [0, 0.05) is 10.5 Å². The number of nitrogens with zero attached hydrogens (tertiary/aromatic N) is 1. The van der Waals surface area contributed by atoms with E-state index in [-0.39, 0.29) is 18.5 Å². The molecule has 1 N–H and O–H groups in total. The van der Waals surface area contributed by atoms with Gasteiger partial charge in [0.25, 0.3) is 11.7 Å². The van der Waals surface area contributed by atoms with Crippen molar-refractivity contribution >= 4 is 39.2 Å². The van der Waals surface area contributed by atoms with Gasteiger partial charge in [0.15, 0.2) is 0 Å². The zero-order valence-electron chi connectivity index (χ0n) is 12.0. The Morgan fingerprint density at radius 1 is 1.38 bits per heavy atom. The number of hydrogen-bond acceptors (Lipinski definition) is 3. The molecule has 1 aromatic rings. The zero-order chi connectivity index (χ0) is 15.6. The molecule has 21 heavy (non-hydrogen) atoms. The summed E-state index contributed by atoms with van der Waals surface area (Å²) in [6.45, 7) is 3.82. The number of rotatable bonds is 5. The molecule has 112 valence electrons. The number of Topliss-reactive ketones (excluding diaryl/α,β-unsaturated/α-hetero) is 1. The maximum atomic E-state index is 12.0. The van der Waals surface area contributed by atoms with Crippen molar-refractivity contribution in [2.24, 2.45) is 0 Å². The molecule has 0 saturated carbocycles. The number of ketones is 1. The Kier molecular flexibility index (Phi) is 4.77. The van der Waals surface area contributed by atoms with E-state index in [1.54, 1.807) is 18.2 Å². The second-order valence-corrected chi connectivity index (χ2v) is 5.97. The van der Waals surface area contributed by atoms with Gasteiger partial charge in [-0.15, -0.1) is 0 Å². The number of anilines is 1. The molecule has 0 spiro atoms. The van der Waals surface area contributed by atoms with Crippen LogP contribution in [0.4, 0.5) is 5.69 Å². The summed E-state index contributed by atoms with van der Waals surface area (Å²) in [6, 6.07) is 5.17. The second kappa shape index (κ2) is 6.39. The average Bonchev–Trinajstić information content (AvgIpc) is 2.65. The highest BCUT2D eigenvalue weighted by atomic mass is 79.9. The van der Waals surface area contributed by atoms with Crippen LogP contribution in [0, 0.1) is 0 Å². The zero-order valence-corrected chi connectivity index (χ0v) is 13.6. The predicted octanol–water partition coefficient (Wildman–Crippen LogP) is 2.28. The summed E-state index contributed by atoms with van der Waals surface area (Å²) in [6.07, 6.45) is 1.85. The van der Waals surface area contributed by atoms with Crippen molar-refractivity contribution in [2.45, 2.75) is 32.7 Å². The number of benzene rings is 1. The lowest BCUT2D eigenvalue weighted by Crippen LogP contribution is -2.43. The van der Waals surface area contributed by atoms with Crippen LogP contribution in [0.15, 0.2) is 22.7 Å². The number of halogens is 1. The Labute approximate surface area is 131 Å². The highest BCUT2D eigenvalue weighted by Gasteiger charge is 2.38. The lowest BCUT2D eigenvalue weighted by atomic mass is 10.1. The van der Waals surface area contributed by atoms with Crippen molar-refractivity contribution < 1.29 is 14.4 Å². The minimum atomic E-state index is -0.657. The Bertz CT molecular complexity index is 601. The molecule has 2 amide bonds. The van der Waals surface area contributed by atoms with E-state index in [1.807, 2.05) is 13.8 Å². The summed E-state index contributed by atoms with van der Waals surface area (Å²) in [4.78, 5) is 37.3. The highest BCUT2D eigenvalue weighted by Crippen LogP contribution is 2.33. The first kappa shape index (κ1) is 15.7. The third kappa shape index (κ3) is 3.15. The molecule has 2 rings (SSSR count). The van der Waals surface area contributed by atoms with Crippen LogP contribution in [0.25, 0.3) is 0 Å². The maximum Gasteiger partial charge on any atom is 0.299 e. The first-order valence-corrected chi connectivity index (χ1v) is 7.69. The predicted molar refractivity (Wildman–Crippen MR) is 83.3 cm³/mol. The van der Waals surface area contributed by atoms with E-state index in [4.69, 9.17) is 0 Å². The van der Waals surface area contributed by atoms with Gasteiger partial charge in [-0.3, -0.25) is 19.3 Å². The summed E-state index contributed by atoms with van der Waals surface area (Å²) in [5.41, 5.74) is 0.814. The number of hydrogen-bond donors (Lipinski definition) is 1. The van der Waals surface area contributed by atoms with Gasteiger partial charge in [-0.1, -0.05) is 19.4 Å². The highest BCUT2D eigenvalue weighted by molar-refractivity contribution is 9.10. The maximum absolute atomic E-state index is 12.0. The van der Waals surface area contributed by atoms with Gasteiger partial charge in [0.05, 0.1) is 11.3 Å². The van der Waals surface area contributed by atoms with E-state index in [0.29, 0.717) is 15.7 Å². The summed E-state index contributed by atoms with van der Waals surface area (Å²) in [7, 11) is 0.